The van der Waals surface area contributed by atoms with E-state index in [9.17, 15) is 9.59 Å². The van der Waals surface area contributed by atoms with Gasteiger partial charge < -0.3 is 15.7 Å². The summed E-state index contributed by atoms with van der Waals surface area (Å²) in [5.41, 5.74) is 1.73. The second-order valence-corrected chi connectivity index (χ2v) is 8.03. The molecule has 2 amide bonds. The van der Waals surface area contributed by atoms with Crippen molar-refractivity contribution in [1.29, 1.82) is 0 Å². The number of nitrogens with zero attached hydrogens (tertiary/aromatic N) is 3. The van der Waals surface area contributed by atoms with E-state index in [1.54, 1.807) is 4.68 Å². The molecule has 1 aliphatic heterocycles. The lowest BCUT2D eigenvalue weighted by molar-refractivity contribution is -0.127. The molecular weight excluding hydrogens is 346 g/mol. The largest absolute Gasteiger partial charge is 0.394 e. The summed E-state index contributed by atoms with van der Waals surface area (Å²) in [4.78, 5) is 27.1. The third kappa shape index (κ3) is 4.50. The first-order valence-electron chi connectivity index (χ1n) is 9.83. The van der Waals surface area contributed by atoms with Crippen molar-refractivity contribution < 1.29 is 14.7 Å². The van der Waals surface area contributed by atoms with E-state index >= 15 is 0 Å². The number of nitrogens with one attached hydrogen (secondary N) is 2. The van der Waals surface area contributed by atoms with Crippen molar-refractivity contribution in [3.63, 3.8) is 0 Å². The summed E-state index contributed by atoms with van der Waals surface area (Å²) >= 11 is 0. The summed E-state index contributed by atoms with van der Waals surface area (Å²) in [6.45, 7) is 8.18. The smallest absolute Gasteiger partial charge is 0.237 e. The molecule has 3 N–H and O–H groups in total. The highest BCUT2D eigenvalue weighted by atomic mass is 16.3. The molecule has 2 fully saturated rings. The number of rotatable bonds is 8. The summed E-state index contributed by atoms with van der Waals surface area (Å²) in [6.07, 6.45) is 4.44. The third-order valence-corrected chi connectivity index (χ3v) is 5.69. The van der Waals surface area contributed by atoms with Crippen molar-refractivity contribution in [3.05, 3.63) is 17.5 Å². The van der Waals surface area contributed by atoms with E-state index in [1.165, 1.54) is 0 Å². The van der Waals surface area contributed by atoms with E-state index in [-0.39, 0.29) is 35.9 Å². The van der Waals surface area contributed by atoms with E-state index < -0.39 is 0 Å². The molecule has 8 nitrogen and oxygen atoms in total. The van der Waals surface area contributed by atoms with E-state index in [0.717, 1.165) is 24.1 Å². The van der Waals surface area contributed by atoms with E-state index in [2.05, 4.69) is 20.6 Å². The quantitative estimate of drug-likeness (QED) is 0.600. The Kier molecular flexibility index (Phi) is 5.86. The zero-order valence-corrected chi connectivity index (χ0v) is 16.5. The molecule has 27 heavy (non-hydrogen) atoms. The molecule has 0 radical (unpaired) electrons. The summed E-state index contributed by atoms with van der Waals surface area (Å²) in [7, 11) is 0. The Hall–Kier alpha value is -1.93. The Bertz CT molecular complexity index is 698. The van der Waals surface area contributed by atoms with E-state index in [1.807, 2.05) is 27.0 Å². The van der Waals surface area contributed by atoms with Gasteiger partial charge in [0.25, 0.3) is 0 Å². The average Bonchev–Trinajstić information content (AvgIpc) is 3.10. The van der Waals surface area contributed by atoms with Crippen LogP contribution in [0.3, 0.4) is 0 Å². The lowest BCUT2D eigenvalue weighted by Gasteiger charge is -2.23. The minimum absolute atomic E-state index is 0.00675. The number of aryl methyl sites for hydroxylation is 1. The van der Waals surface area contributed by atoms with Gasteiger partial charge in [0.2, 0.25) is 11.8 Å². The van der Waals surface area contributed by atoms with Crippen LogP contribution in [0.2, 0.25) is 0 Å². The molecule has 0 aromatic carbocycles. The second kappa shape index (κ2) is 7.98. The zero-order chi connectivity index (χ0) is 19.6. The normalized spacial score (nSPS) is 24.0. The van der Waals surface area contributed by atoms with Crippen LogP contribution in [0.25, 0.3) is 0 Å². The number of carbonyl (C=O) groups excluding carboxylic acids is 2. The zero-order valence-electron chi connectivity index (χ0n) is 16.5. The summed E-state index contributed by atoms with van der Waals surface area (Å²) in [5.74, 6) is 0.114. The maximum atomic E-state index is 12.6. The maximum absolute atomic E-state index is 12.6. The number of likely N-dealkylation sites (tertiary alicyclic amines) is 1. The van der Waals surface area contributed by atoms with Gasteiger partial charge in [0.15, 0.2) is 0 Å². The number of carbonyl (C=O) groups is 2. The third-order valence-electron chi connectivity index (χ3n) is 5.69. The first-order chi connectivity index (χ1) is 12.9. The van der Waals surface area contributed by atoms with E-state index in [0.29, 0.717) is 32.6 Å². The van der Waals surface area contributed by atoms with Crippen LogP contribution in [0.5, 0.6) is 0 Å². The number of hydrogen-bond acceptors (Lipinski definition) is 5. The Morgan fingerprint density at radius 1 is 1.41 bits per heavy atom. The monoisotopic (exact) mass is 377 g/mol. The predicted octanol–water partition coefficient (Wildman–Crippen LogP) is 0.179. The van der Waals surface area contributed by atoms with Gasteiger partial charge >= 0.3 is 0 Å². The molecule has 1 saturated carbocycles. The van der Waals surface area contributed by atoms with Crippen LogP contribution >= 0.6 is 0 Å². The van der Waals surface area contributed by atoms with Gasteiger partial charge in [0.05, 0.1) is 24.9 Å². The predicted molar refractivity (Wildman–Crippen MR) is 101 cm³/mol. The van der Waals surface area contributed by atoms with Gasteiger partial charge in [0.1, 0.15) is 0 Å². The minimum atomic E-state index is -0.261. The highest BCUT2D eigenvalue weighted by Crippen LogP contribution is 2.45. The number of aliphatic hydroxyl groups is 1. The molecule has 0 bridgehead atoms. The van der Waals surface area contributed by atoms with Gasteiger partial charge in [-0.05, 0) is 33.1 Å². The van der Waals surface area contributed by atoms with E-state index in [4.69, 9.17) is 5.11 Å². The number of amides is 2. The van der Waals surface area contributed by atoms with Crippen molar-refractivity contribution in [1.82, 2.24) is 25.3 Å². The molecule has 1 aliphatic carbocycles. The van der Waals surface area contributed by atoms with Crippen LogP contribution in [0.4, 0.5) is 0 Å². The fourth-order valence-corrected chi connectivity index (χ4v) is 3.67. The van der Waals surface area contributed by atoms with Crippen molar-refractivity contribution in [2.24, 2.45) is 5.41 Å². The first kappa shape index (κ1) is 19.8. The molecule has 2 aliphatic rings. The molecule has 2 atom stereocenters. The Balaban J connectivity index is 1.69. The highest BCUT2D eigenvalue weighted by Gasteiger charge is 2.47. The average molecular weight is 377 g/mol. The molecule has 1 aromatic rings. The van der Waals surface area contributed by atoms with Gasteiger partial charge in [-0.2, -0.15) is 5.10 Å². The summed E-state index contributed by atoms with van der Waals surface area (Å²) in [6, 6.07) is -0.279. The molecule has 0 spiro atoms. The van der Waals surface area contributed by atoms with Gasteiger partial charge in [-0.25, -0.2) is 0 Å². The van der Waals surface area contributed by atoms with Crippen LogP contribution in [0.15, 0.2) is 6.20 Å². The van der Waals surface area contributed by atoms with Crippen LogP contribution < -0.4 is 10.6 Å². The molecule has 2 heterocycles. The standard InChI is InChI=1S/C19H31N5O3/c1-4-20-17(26)16-9-15(21-18(27)19(3)5-6-19)12-23(16)10-14-11-24(7-8-25)22-13(14)2/h11,15-16,25H,4-10,12H2,1-3H3,(H,20,26)(H,21,27)/t15-,16-/m0/s1. The van der Waals surface area contributed by atoms with Crippen LogP contribution in [0.1, 0.15) is 44.4 Å². The lowest BCUT2D eigenvalue weighted by atomic mass is 10.1. The second-order valence-electron chi connectivity index (χ2n) is 8.03. The molecular formula is C19H31N5O3. The van der Waals surface area contributed by atoms with Gasteiger partial charge in [0, 0.05) is 42.9 Å². The number of aliphatic hydroxyl groups excluding tert-OH is 1. The Labute approximate surface area is 160 Å². The molecule has 150 valence electrons. The first-order valence-corrected chi connectivity index (χ1v) is 9.83. The Morgan fingerprint density at radius 2 is 2.15 bits per heavy atom. The van der Waals surface area contributed by atoms with Crippen molar-refractivity contribution in [3.8, 4) is 0 Å². The van der Waals surface area contributed by atoms with Crippen LogP contribution in [0, 0.1) is 12.3 Å². The van der Waals surface area contributed by atoms with Crippen LogP contribution in [-0.4, -0.2) is 63.4 Å². The number of aromatic nitrogens is 2. The SMILES string of the molecule is CCNC(=O)[C@@H]1C[C@H](NC(=O)C2(C)CC2)CN1Cc1cn(CCO)nc1C. The molecule has 3 rings (SSSR count). The Morgan fingerprint density at radius 3 is 2.78 bits per heavy atom. The summed E-state index contributed by atoms with van der Waals surface area (Å²) < 4.78 is 1.73. The van der Waals surface area contributed by atoms with Crippen molar-refractivity contribution in [2.75, 3.05) is 19.7 Å². The molecule has 1 aromatic heterocycles. The van der Waals surface area contributed by atoms with Gasteiger partial charge in [-0.3, -0.25) is 19.2 Å². The van der Waals surface area contributed by atoms with Crippen molar-refractivity contribution in [2.45, 2.75) is 65.2 Å². The lowest BCUT2D eigenvalue weighted by Crippen LogP contribution is -2.42. The minimum Gasteiger partial charge on any atom is -0.394 e. The number of hydrogen-bond donors (Lipinski definition) is 3. The topological polar surface area (TPSA) is 99.5 Å². The van der Waals surface area contributed by atoms with Gasteiger partial charge in [-0.15, -0.1) is 0 Å². The fourth-order valence-electron chi connectivity index (χ4n) is 3.67. The maximum Gasteiger partial charge on any atom is 0.237 e. The van der Waals surface area contributed by atoms with Crippen molar-refractivity contribution >= 4 is 11.8 Å². The van der Waals surface area contributed by atoms with Crippen LogP contribution in [-0.2, 0) is 22.7 Å². The fraction of sp³-hybridized carbons (Fsp3) is 0.737. The highest BCUT2D eigenvalue weighted by molar-refractivity contribution is 5.86. The number of likely N-dealkylation sites (N-methyl/N-ethyl adjacent to an activating group) is 1. The molecule has 0 unspecified atom stereocenters. The summed E-state index contributed by atoms with van der Waals surface area (Å²) in [5, 5.41) is 19.6. The molecule has 1 saturated heterocycles. The van der Waals surface area contributed by atoms with Gasteiger partial charge in [-0.1, -0.05) is 6.92 Å². The molecule has 8 heteroatoms.